The highest BCUT2D eigenvalue weighted by Gasteiger charge is 1.97. The van der Waals surface area contributed by atoms with E-state index < -0.39 is 0 Å². The van der Waals surface area contributed by atoms with E-state index in [0.717, 1.165) is 6.54 Å². The topological polar surface area (TPSA) is 15.3 Å². The number of para-hydroxylation sites is 1. The monoisotopic (exact) mass is 150 g/mol. The first-order chi connectivity index (χ1) is 5.38. The largest absolute Gasteiger partial charge is 0.309 e. The van der Waals surface area contributed by atoms with Crippen molar-refractivity contribution in [1.29, 1.82) is 0 Å². The number of benzene rings is 1. The molecule has 11 heavy (non-hydrogen) atoms. The Morgan fingerprint density at radius 3 is 2.36 bits per heavy atom. The van der Waals surface area contributed by atoms with Gasteiger partial charge in [0.2, 0.25) is 0 Å². The van der Waals surface area contributed by atoms with Gasteiger partial charge in [-0.25, -0.2) is 5.43 Å². The fourth-order valence-electron chi connectivity index (χ4n) is 1.08. The van der Waals surface area contributed by atoms with E-state index in [1.165, 1.54) is 5.69 Å². The maximum absolute atomic E-state index is 3.10. The van der Waals surface area contributed by atoms with E-state index in [2.05, 4.69) is 29.5 Å². The number of hydrogen-bond acceptors (Lipinski definition) is 2. The quantitative estimate of drug-likeness (QED) is 0.659. The standard InChI is InChI=1S/C9H14N2/c1-3-11(10-2)9-7-5-4-6-8-9/h4-8,10H,3H2,1-2H3. The molecule has 0 aliphatic carbocycles. The van der Waals surface area contributed by atoms with Crippen molar-refractivity contribution in [3.8, 4) is 0 Å². The second-order valence-corrected chi connectivity index (χ2v) is 2.30. The summed E-state index contributed by atoms with van der Waals surface area (Å²) in [5.74, 6) is 0. The number of nitrogens with zero attached hydrogens (tertiary/aromatic N) is 1. The number of nitrogens with one attached hydrogen (secondary N) is 1. The third-order valence-corrected chi connectivity index (χ3v) is 1.65. The van der Waals surface area contributed by atoms with Crippen LogP contribution in [0.5, 0.6) is 0 Å². The average Bonchev–Trinajstić information content (AvgIpc) is 2.09. The van der Waals surface area contributed by atoms with Crippen molar-refractivity contribution in [1.82, 2.24) is 5.43 Å². The lowest BCUT2D eigenvalue weighted by atomic mass is 10.3. The fraction of sp³-hybridized carbons (Fsp3) is 0.333. The second kappa shape index (κ2) is 3.98. The van der Waals surface area contributed by atoms with Gasteiger partial charge in [0.25, 0.3) is 0 Å². The van der Waals surface area contributed by atoms with Crippen molar-refractivity contribution < 1.29 is 0 Å². The molecule has 60 valence electrons. The Balaban J connectivity index is 2.74. The molecule has 0 saturated heterocycles. The van der Waals surface area contributed by atoms with Crippen LogP contribution in [-0.2, 0) is 0 Å². The molecule has 0 amide bonds. The Kier molecular flexibility index (Phi) is 2.93. The summed E-state index contributed by atoms with van der Waals surface area (Å²) in [6.45, 7) is 3.09. The van der Waals surface area contributed by atoms with Crippen LogP contribution in [0, 0.1) is 0 Å². The van der Waals surface area contributed by atoms with Crippen molar-refractivity contribution in [3.05, 3.63) is 30.3 Å². The predicted octanol–water partition coefficient (Wildman–Crippen LogP) is 1.65. The molecule has 0 spiro atoms. The van der Waals surface area contributed by atoms with E-state index >= 15 is 0 Å². The van der Waals surface area contributed by atoms with Crippen molar-refractivity contribution >= 4 is 5.69 Å². The zero-order valence-electron chi connectivity index (χ0n) is 7.04. The molecular formula is C9H14N2. The Hall–Kier alpha value is -1.02. The lowest BCUT2D eigenvalue weighted by Gasteiger charge is -2.20. The highest BCUT2D eigenvalue weighted by Crippen LogP contribution is 2.09. The van der Waals surface area contributed by atoms with Crippen molar-refractivity contribution in [3.63, 3.8) is 0 Å². The number of anilines is 1. The number of rotatable bonds is 3. The molecule has 1 rings (SSSR count). The van der Waals surface area contributed by atoms with E-state index in [4.69, 9.17) is 0 Å². The van der Waals surface area contributed by atoms with E-state index in [9.17, 15) is 0 Å². The van der Waals surface area contributed by atoms with Gasteiger partial charge in [0.15, 0.2) is 0 Å². The Morgan fingerprint density at radius 1 is 1.27 bits per heavy atom. The van der Waals surface area contributed by atoms with Gasteiger partial charge in [0.1, 0.15) is 0 Å². The molecule has 0 aliphatic heterocycles. The van der Waals surface area contributed by atoms with Crippen molar-refractivity contribution in [2.45, 2.75) is 6.92 Å². The molecule has 1 aromatic rings. The predicted molar refractivity (Wildman–Crippen MR) is 48.5 cm³/mol. The molecule has 0 radical (unpaired) electrons. The van der Waals surface area contributed by atoms with E-state index in [0.29, 0.717) is 0 Å². The minimum atomic E-state index is 0.973. The van der Waals surface area contributed by atoms with Gasteiger partial charge in [-0.05, 0) is 19.1 Å². The fourth-order valence-corrected chi connectivity index (χ4v) is 1.08. The number of hydrogen-bond donors (Lipinski definition) is 1. The lowest BCUT2D eigenvalue weighted by molar-refractivity contribution is 0.727. The summed E-state index contributed by atoms with van der Waals surface area (Å²) in [6, 6.07) is 10.3. The molecule has 0 unspecified atom stereocenters. The molecule has 0 atom stereocenters. The molecule has 0 aliphatic rings. The van der Waals surface area contributed by atoms with Crippen LogP contribution in [0.3, 0.4) is 0 Å². The third-order valence-electron chi connectivity index (χ3n) is 1.65. The molecule has 2 heteroatoms. The molecular weight excluding hydrogens is 136 g/mol. The van der Waals surface area contributed by atoms with Crippen LogP contribution < -0.4 is 10.4 Å². The molecule has 1 N–H and O–H groups in total. The first-order valence-corrected chi connectivity index (χ1v) is 3.88. The maximum atomic E-state index is 3.10. The lowest BCUT2D eigenvalue weighted by Crippen LogP contribution is -2.34. The Morgan fingerprint density at radius 2 is 1.91 bits per heavy atom. The van der Waals surface area contributed by atoms with Crippen LogP contribution in [-0.4, -0.2) is 13.6 Å². The second-order valence-electron chi connectivity index (χ2n) is 2.30. The summed E-state index contributed by atoms with van der Waals surface area (Å²) in [4.78, 5) is 0. The van der Waals surface area contributed by atoms with Gasteiger partial charge < -0.3 is 5.01 Å². The van der Waals surface area contributed by atoms with Gasteiger partial charge >= 0.3 is 0 Å². The summed E-state index contributed by atoms with van der Waals surface area (Å²) < 4.78 is 0. The summed E-state index contributed by atoms with van der Waals surface area (Å²) in [6.07, 6.45) is 0. The Bertz CT molecular complexity index is 192. The van der Waals surface area contributed by atoms with Crippen LogP contribution in [0.25, 0.3) is 0 Å². The average molecular weight is 150 g/mol. The van der Waals surface area contributed by atoms with Gasteiger partial charge in [0.05, 0.1) is 5.69 Å². The van der Waals surface area contributed by atoms with E-state index in [1.807, 2.05) is 25.2 Å². The first-order valence-electron chi connectivity index (χ1n) is 3.88. The molecule has 0 bridgehead atoms. The van der Waals surface area contributed by atoms with Gasteiger partial charge in [0, 0.05) is 13.6 Å². The highest BCUT2D eigenvalue weighted by molar-refractivity contribution is 5.44. The molecule has 0 saturated carbocycles. The highest BCUT2D eigenvalue weighted by atomic mass is 15.5. The van der Waals surface area contributed by atoms with Crippen LogP contribution in [0.2, 0.25) is 0 Å². The molecule has 2 nitrogen and oxygen atoms in total. The van der Waals surface area contributed by atoms with Gasteiger partial charge in [-0.1, -0.05) is 18.2 Å². The summed E-state index contributed by atoms with van der Waals surface area (Å²) in [5, 5.41) is 2.08. The van der Waals surface area contributed by atoms with Crippen LogP contribution in [0.15, 0.2) is 30.3 Å². The third kappa shape index (κ3) is 1.95. The zero-order valence-corrected chi connectivity index (χ0v) is 7.04. The van der Waals surface area contributed by atoms with Crippen molar-refractivity contribution in [2.75, 3.05) is 18.6 Å². The molecule has 0 aromatic heterocycles. The van der Waals surface area contributed by atoms with E-state index in [-0.39, 0.29) is 0 Å². The summed E-state index contributed by atoms with van der Waals surface area (Å²) in [5.41, 5.74) is 4.31. The van der Waals surface area contributed by atoms with Crippen LogP contribution in [0.4, 0.5) is 5.69 Å². The van der Waals surface area contributed by atoms with Crippen molar-refractivity contribution in [2.24, 2.45) is 0 Å². The summed E-state index contributed by atoms with van der Waals surface area (Å²) >= 11 is 0. The molecule has 0 heterocycles. The smallest absolute Gasteiger partial charge is 0.0519 e. The van der Waals surface area contributed by atoms with Gasteiger partial charge in [-0.2, -0.15) is 0 Å². The first kappa shape index (κ1) is 8.08. The molecule has 0 fully saturated rings. The Labute approximate surface area is 67.8 Å². The van der Waals surface area contributed by atoms with Crippen LogP contribution in [0.1, 0.15) is 6.92 Å². The van der Waals surface area contributed by atoms with Gasteiger partial charge in [-0.3, -0.25) is 0 Å². The minimum Gasteiger partial charge on any atom is -0.309 e. The normalized spacial score (nSPS) is 9.64. The SMILES string of the molecule is CCN(NC)c1ccccc1. The van der Waals surface area contributed by atoms with Gasteiger partial charge in [-0.15, -0.1) is 0 Å². The van der Waals surface area contributed by atoms with E-state index in [1.54, 1.807) is 0 Å². The number of hydrazine groups is 1. The minimum absolute atomic E-state index is 0.973. The zero-order chi connectivity index (χ0) is 8.10. The maximum Gasteiger partial charge on any atom is 0.0519 e. The molecule has 1 aromatic carbocycles. The summed E-state index contributed by atoms with van der Waals surface area (Å²) in [7, 11) is 1.93. The van der Waals surface area contributed by atoms with Crippen LogP contribution >= 0.6 is 0 Å².